The predicted octanol–water partition coefficient (Wildman–Crippen LogP) is 0.813. The number of rotatable bonds is 2. The minimum Gasteiger partial charge on any atom is -0.352 e. The Balaban J connectivity index is 1.80. The Morgan fingerprint density at radius 1 is 1.21 bits per heavy atom. The Bertz CT molecular complexity index is 787. The molecule has 130 valence electrons. The van der Waals surface area contributed by atoms with Crippen molar-refractivity contribution < 1.29 is 27.4 Å². The summed E-state index contributed by atoms with van der Waals surface area (Å²) in [6.07, 6.45) is -2.11. The highest BCUT2D eigenvalue weighted by Crippen LogP contribution is 2.44. The van der Waals surface area contributed by atoms with Crippen molar-refractivity contribution in [2.45, 2.75) is 55.9 Å². The van der Waals surface area contributed by atoms with Crippen LogP contribution < -0.4 is 0 Å². The summed E-state index contributed by atoms with van der Waals surface area (Å²) in [6.45, 7) is 5.41. The maximum Gasteiger partial charge on any atom is 0.246 e. The van der Waals surface area contributed by atoms with Gasteiger partial charge in [-0.3, -0.25) is 4.79 Å². The van der Waals surface area contributed by atoms with Gasteiger partial charge in [-0.25, -0.2) is 8.42 Å². The Morgan fingerprint density at radius 3 is 2.54 bits per heavy atom. The number of ketones is 1. The Morgan fingerprint density at radius 2 is 1.88 bits per heavy atom. The molecule has 0 aliphatic carbocycles. The zero-order valence-electron chi connectivity index (χ0n) is 13.6. The van der Waals surface area contributed by atoms with E-state index in [1.807, 2.05) is 6.92 Å². The molecule has 0 radical (unpaired) electrons. The van der Waals surface area contributed by atoms with Crippen molar-refractivity contribution in [2.24, 2.45) is 0 Å². The average Bonchev–Trinajstić information content (AvgIpc) is 3.06. The molecule has 24 heavy (non-hydrogen) atoms. The number of carbonyl (C=O) groups is 1. The van der Waals surface area contributed by atoms with Crippen LogP contribution in [0.15, 0.2) is 29.2 Å². The molecule has 0 N–H and O–H groups in total. The quantitative estimate of drug-likeness (QED) is 0.783. The number of ether oxygens (including phenoxy) is 3. The fourth-order valence-electron chi connectivity index (χ4n) is 3.62. The van der Waals surface area contributed by atoms with E-state index in [-0.39, 0.29) is 11.5 Å². The van der Waals surface area contributed by atoms with Gasteiger partial charge in [0.1, 0.15) is 24.0 Å². The second kappa shape index (κ2) is 5.09. The number of benzene rings is 1. The van der Waals surface area contributed by atoms with Crippen LogP contribution in [-0.4, -0.2) is 55.4 Å². The molecule has 3 aliphatic rings. The van der Waals surface area contributed by atoms with Crippen LogP contribution in [0.1, 0.15) is 19.4 Å². The van der Waals surface area contributed by atoms with E-state index in [0.29, 0.717) is 0 Å². The summed E-state index contributed by atoms with van der Waals surface area (Å²) in [5, 5.41) is 0. The van der Waals surface area contributed by atoms with Crippen LogP contribution in [-0.2, 0) is 29.0 Å². The highest BCUT2D eigenvalue weighted by Gasteiger charge is 2.64. The molecule has 8 heteroatoms. The molecule has 4 atom stereocenters. The zero-order valence-corrected chi connectivity index (χ0v) is 14.4. The third-order valence-corrected chi connectivity index (χ3v) is 6.75. The number of aryl methyl sites for hydroxylation is 1. The average molecular weight is 353 g/mol. The van der Waals surface area contributed by atoms with E-state index in [2.05, 4.69) is 0 Å². The van der Waals surface area contributed by atoms with Gasteiger partial charge in [-0.2, -0.15) is 4.31 Å². The fourth-order valence-corrected chi connectivity index (χ4v) is 5.47. The molecule has 3 fully saturated rings. The van der Waals surface area contributed by atoms with Crippen LogP contribution >= 0.6 is 0 Å². The number of Topliss-reactive ketones (excluding diaryl/α,β-unsaturated/α-hetero) is 1. The van der Waals surface area contributed by atoms with E-state index in [0.717, 1.165) is 5.56 Å². The summed E-state index contributed by atoms with van der Waals surface area (Å²) in [7, 11) is -3.91. The van der Waals surface area contributed by atoms with Crippen molar-refractivity contribution in [3.05, 3.63) is 29.8 Å². The Kier molecular flexibility index (Phi) is 3.43. The molecule has 2 bridgehead atoms. The summed E-state index contributed by atoms with van der Waals surface area (Å²) in [5.74, 6) is -0.407. The van der Waals surface area contributed by atoms with E-state index < -0.39 is 46.1 Å². The maximum atomic E-state index is 13.2. The van der Waals surface area contributed by atoms with Gasteiger partial charge in [0.15, 0.2) is 0 Å². The van der Waals surface area contributed by atoms with Gasteiger partial charge in [0, 0.05) is 0 Å². The van der Waals surface area contributed by atoms with Gasteiger partial charge < -0.3 is 14.2 Å². The van der Waals surface area contributed by atoms with Crippen molar-refractivity contribution >= 4 is 15.8 Å². The van der Waals surface area contributed by atoms with Crippen LogP contribution in [0.2, 0.25) is 0 Å². The highest BCUT2D eigenvalue weighted by atomic mass is 32.2. The predicted molar refractivity (Wildman–Crippen MR) is 82.6 cm³/mol. The standard InChI is InChI=1S/C16H19NO6S/c1-9-4-6-10(7-5-9)24(19,20)17-12-13(18)15-21-8-11(22-15)14(12)23-16(17,2)3/h4-7,11-12,14-15H,8H2,1-3H3/t11-,12+,14-,15-/m1/s1. The molecule has 0 spiro atoms. The fraction of sp³-hybridized carbons (Fsp3) is 0.562. The third kappa shape index (κ3) is 2.18. The number of hydrogen-bond donors (Lipinski definition) is 0. The first-order chi connectivity index (χ1) is 11.2. The molecule has 7 nitrogen and oxygen atoms in total. The normalized spacial score (nSPS) is 35.2. The summed E-state index contributed by atoms with van der Waals surface area (Å²) in [5.41, 5.74) is -0.194. The van der Waals surface area contributed by atoms with E-state index in [1.54, 1.807) is 38.1 Å². The molecular weight excluding hydrogens is 334 g/mol. The largest absolute Gasteiger partial charge is 0.352 e. The number of nitrogens with zero attached hydrogens (tertiary/aromatic N) is 1. The van der Waals surface area contributed by atoms with Crippen molar-refractivity contribution in [3.8, 4) is 0 Å². The Hall–Kier alpha value is -1.32. The van der Waals surface area contributed by atoms with Crippen molar-refractivity contribution in [1.82, 2.24) is 4.31 Å². The lowest BCUT2D eigenvalue weighted by Crippen LogP contribution is -2.57. The lowest BCUT2D eigenvalue weighted by molar-refractivity contribution is -0.166. The number of carbonyl (C=O) groups excluding carboxylic acids is 1. The maximum absolute atomic E-state index is 13.2. The van der Waals surface area contributed by atoms with Gasteiger partial charge in [0.05, 0.1) is 11.5 Å². The van der Waals surface area contributed by atoms with Crippen molar-refractivity contribution in [3.63, 3.8) is 0 Å². The van der Waals surface area contributed by atoms with Gasteiger partial charge >= 0.3 is 0 Å². The first-order valence-corrected chi connectivity index (χ1v) is 9.26. The second-order valence-electron chi connectivity index (χ2n) is 6.83. The van der Waals surface area contributed by atoms with Gasteiger partial charge in [0.2, 0.25) is 22.1 Å². The monoisotopic (exact) mass is 353 g/mol. The van der Waals surface area contributed by atoms with E-state index in [1.165, 1.54) is 4.31 Å². The SMILES string of the molecule is Cc1ccc(S(=O)(=O)N2[C@H]3C(=O)[C@@H]4OC[C@@H](O4)[C@H]3OC2(C)C)cc1. The number of sulfonamides is 1. The molecule has 4 rings (SSSR count). The van der Waals surface area contributed by atoms with Gasteiger partial charge in [-0.15, -0.1) is 0 Å². The minimum atomic E-state index is -3.91. The van der Waals surface area contributed by atoms with Crippen LogP contribution in [0.4, 0.5) is 0 Å². The molecule has 0 aromatic heterocycles. The highest BCUT2D eigenvalue weighted by molar-refractivity contribution is 7.89. The second-order valence-corrected chi connectivity index (χ2v) is 8.65. The summed E-state index contributed by atoms with van der Waals surface area (Å²) in [6, 6.07) is 5.61. The van der Waals surface area contributed by atoms with Crippen LogP contribution in [0.25, 0.3) is 0 Å². The minimum absolute atomic E-state index is 0.137. The summed E-state index contributed by atoms with van der Waals surface area (Å²) < 4.78 is 44.3. The topological polar surface area (TPSA) is 82.1 Å². The number of hydrogen-bond acceptors (Lipinski definition) is 6. The van der Waals surface area contributed by atoms with Gasteiger partial charge in [0.25, 0.3) is 0 Å². The molecule has 0 unspecified atom stereocenters. The first kappa shape index (κ1) is 16.2. The summed E-state index contributed by atoms with van der Waals surface area (Å²) >= 11 is 0. The molecule has 0 amide bonds. The molecule has 1 aromatic carbocycles. The van der Waals surface area contributed by atoms with Gasteiger partial charge in [-0.1, -0.05) is 17.7 Å². The van der Waals surface area contributed by atoms with Gasteiger partial charge in [-0.05, 0) is 32.9 Å². The molecule has 0 saturated carbocycles. The molecule has 3 saturated heterocycles. The first-order valence-electron chi connectivity index (χ1n) is 7.82. The van der Waals surface area contributed by atoms with Crippen molar-refractivity contribution in [1.29, 1.82) is 0 Å². The van der Waals surface area contributed by atoms with E-state index >= 15 is 0 Å². The number of fused-ring (bicyclic) bond motifs is 4. The smallest absolute Gasteiger partial charge is 0.246 e. The lowest BCUT2D eigenvalue weighted by Gasteiger charge is -2.33. The van der Waals surface area contributed by atoms with Crippen LogP contribution in [0.5, 0.6) is 0 Å². The van der Waals surface area contributed by atoms with Crippen LogP contribution in [0, 0.1) is 6.92 Å². The van der Waals surface area contributed by atoms with Crippen LogP contribution in [0.3, 0.4) is 0 Å². The molecular formula is C16H19NO6S. The molecule has 3 heterocycles. The van der Waals surface area contributed by atoms with Crippen molar-refractivity contribution in [2.75, 3.05) is 6.61 Å². The van der Waals surface area contributed by atoms with E-state index in [9.17, 15) is 13.2 Å². The summed E-state index contributed by atoms with van der Waals surface area (Å²) in [4.78, 5) is 12.8. The van der Waals surface area contributed by atoms with E-state index in [4.69, 9.17) is 14.2 Å². The zero-order chi connectivity index (χ0) is 17.3. The molecule has 1 aromatic rings. The third-order valence-electron chi connectivity index (χ3n) is 4.70. The molecule has 3 aliphatic heterocycles. The Labute approximate surface area is 140 Å². The lowest BCUT2D eigenvalue weighted by atomic mass is 10.0.